The van der Waals surface area contributed by atoms with Gasteiger partial charge >= 0.3 is 6.36 Å². The number of ketones is 1. The molecule has 0 fully saturated rings. The van der Waals surface area contributed by atoms with Crippen LogP contribution in [0.3, 0.4) is 0 Å². The van der Waals surface area contributed by atoms with Crippen LogP contribution in [-0.4, -0.2) is 17.7 Å². The zero-order valence-electron chi connectivity index (χ0n) is 9.89. The Morgan fingerprint density at radius 1 is 1.33 bits per heavy atom. The number of anilines is 1. The summed E-state index contributed by atoms with van der Waals surface area (Å²) in [5, 5.41) is 3.10. The molecule has 0 unspecified atom stereocenters. The summed E-state index contributed by atoms with van der Waals surface area (Å²) in [4.78, 5) is 11.8. The first-order valence-electron chi connectivity index (χ1n) is 5.37. The van der Waals surface area contributed by atoms with Crippen LogP contribution in [0.5, 0.6) is 5.75 Å². The highest BCUT2D eigenvalue weighted by molar-refractivity contribution is 6.04. The van der Waals surface area contributed by atoms with E-state index in [9.17, 15) is 18.0 Å². The van der Waals surface area contributed by atoms with Gasteiger partial charge in [-0.05, 0) is 32.0 Å². The number of carbonyl (C=O) groups is 1. The number of nitrogens with one attached hydrogen (secondary N) is 1. The second-order valence-corrected chi connectivity index (χ2v) is 4.86. The third-order valence-corrected chi connectivity index (χ3v) is 2.60. The SMILES string of the molecule is CC1(C)CC(=O)c2cc(OC(F)(F)F)ccc2N1. The number of hydrogen-bond donors (Lipinski definition) is 1. The molecule has 1 aromatic carbocycles. The van der Waals surface area contributed by atoms with Crippen molar-refractivity contribution in [3.63, 3.8) is 0 Å². The van der Waals surface area contributed by atoms with Crippen molar-refractivity contribution in [2.24, 2.45) is 0 Å². The van der Waals surface area contributed by atoms with E-state index in [1.165, 1.54) is 12.1 Å². The van der Waals surface area contributed by atoms with Crippen LogP contribution >= 0.6 is 0 Å². The van der Waals surface area contributed by atoms with Crippen molar-refractivity contribution in [3.05, 3.63) is 23.8 Å². The van der Waals surface area contributed by atoms with Gasteiger partial charge in [0.25, 0.3) is 0 Å². The Morgan fingerprint density at radius 2 is 2.00 bits per heavy atom. The molecule has 6 heteroatoms. The maximum atomic E-state index is 12.1. The largest absolute Gasteiger partial charge is 0.573 e. The van der Waals surface area contributed by atoms with Gasteiger partial charge in [0.2, 0.25) is 0 Å². The number of benzene rings is 1. The summed E-state index contributed by atoms with van der Waals surface area (Å²) in [5.41, 5.74) is 0.373. The zero-order chi connectivity index (χ0) is 13.6. The second-order valence-electron chi connectivity index (χ2n) is 4.86. The Labute approximate surface area is 102 Å². The molecule has 1 N–H and O–H groups in total. The quantitative estimate of drug-likeness (QED) is 0.840. The molecule has 0 saturated heterocycles. The van der Waals surface area contributed by atoms with Crippen LogP contribution in [0.4, 0.5) is 18.9 Å². The van der Waals surface area contributed by atoms with Crippen molar-refractivity contribution >= 4 is 11.5 Å². The Balaban J connectivity index is 2.34. The van der Waals surface area contributed by atoms with Gasteiger partial charge in [-0.2, -0.15) is 0 Å². The standard InChI is InChI=1S/C12H12F3NO2/c1-11(2)6-10(17)8-5-7(18-12(13,14)15)3-4-9(8)16-11/h3-5,16H,6H2,1-2H3. The fraction of sp³-hybridized carbons (Fsp3) is 0.417. The second kappa shape index (κ2) is 3.90. The third kappa shape index (κ3) is 2.75. The summed E-state index contributed by atoms with van der Waals surface area (Å²) in [6.07, 6.45) is -4.52. The van der Waals surface area contributed by atoms with E-state index in [0.717, 1.165) is 6.07 Å². The van der Waals surface area contributed by atoms with Gasteiger partial charge in [0.15, 0.2) is 5.78 Å². The lowest BCUT2D eigenvalue weighted by Gasteiger charge is -2.32. The van der Waals surface area contributed by atoms with Crippen LogP contribution in [0.2, 0.25) is 0 Å². The Kier molecular flexibility index (Phi) is 2.76. The van der Waals surface area contributed by atoms with Crippen LogP contribution in [-0.2, 0) is 0 Å². The van der Waals surface area contributed by atoms with Crippen molar-refractivity contribution < 1.29 is 22.7 Å². The fourth-order valence-electron chi connectivity index (χ4n) is 1.97. The highest BCUT2D eigenvalue weighted by Crippen LogP contribution is 2.34. The number of Topliss-reactive ketones (excluding diaryl/α,β-unsaturated/α-hetero) is 1. The summed E-state index contributed by atoms with van der Waals surface area (Å²) >= 11 is 0. The molecule has 1 aliphatic heterocycles. The summed E-state index contributed by atoms with van der Waals surface area (Å²) in [5.74, 6) is -0.572. The van der Waals surface area contributed by atoms with E-state index in [2.05, 4.69) is 10.1 Å². The van der Waals surface area contributed by atoms with E-state index < -0.39 is 11.9 Å². The van der Waals surface area contributed by atoms with Gasteiger partial charge in [0.05, 0.1) is 0 Å². The number of fused-ring (bicyclic) bond motifs is 1. The van der Waals surface area contributed by atoms with Crippen molar-refractivity contribution in [2.45, 2.75) is 32.2 Å². The number of halogens is 3. The molecule has 0 aliphatic carbocycles. The molecule has 0 atom stereocenters. The lowest BCUT2D eigenvalue weighted by Crippen LogP contribution is -2.38. The highest BCUT2D eigenvalue weighted by atomic mass is 19.4. The highest BCUT2D eigenvalue weighted by Gasteiger charge is 2.33. The lowest BCUT2D eigenvalue weighted by atomic mass is 9.88. The molecule has 0 radical (unpaired) electrons. The van der Waals surface area contributed by atoms with Crippen LogP contribution in [0.25, 0.3) is 0 Å². The van der Waals surface area contributed by atoms with Gasteiger partial charge in [0, 0.05) is 23.2 Å². The van der Waals surface area contributed by atoms with E-state index in [-0.39, 0.29) is 23.5 Å². The van der Waals surface area contributed by atoms with Crippen molar-refractivity contribution in [3.8, 4) is 5.75 Å². The molecule has 18 heavy (non-hydrogen) atoms. The summed E-state index contributed by atoms with van der Waals surface area (Å²) < 4.78 is 40.0. The first kappa shape index (κ1) is 12.7. The lowest BCUT2D eigenvalue weighted by molar-refractivity contribution is -0.274. The smallest absolute Gasteiger partial charge is 0.406 e. The van der Waals surface area contributed by atoms with Crippen LogP contribution in [0.15, 0.2) is 18.2 Å². The summed E-state index contributed by atoms with van der Waals surface area (Å²) in [6, 6.07) is 3.73. The predicted octanol–water partition coefficient (Wildman–Crippen LogP) is 3.36. The fourth-order valence-corrected chi connectivity index (χ4v) is 1.97. The number of alkyl halides is 3. The minimum atomic E-state index is -4.75. The number of hydrogen-bond acceptors (Lipinski definition) is 3. The van der Waals surface area contributed by atoms with E-state index >= 15 is 0 Å². The number of carbonyl (C=O) groups excluding carboxylic acids is 1. The summed E-state index contributed by atoms with van der Waals surface area (Å²) in [6.45, 7) is 3.71. The monoisotopic (exact) mass is 259 g/mol. The minimum Gasteiger partial charge on any atom is -0.406 e. The van der Waals surface area contributed by atoms with Gasteiger partial charge in [0.1, 0.15) is 5.75 Å². The molecule has 0 amide bonds. The van der Waals surface area contributed by atoms with Gasteiger partial charge < -0.3 is 10.1 Å². The van der Waals surface area contributed by atoms with Crippen LogP contribution in [0, 0.1) is 0 Å². The minimum absolute atomic E-state index is 0.193. The summed E-state index contributed by atoms with van der Waals surface area (Å²) in [7, 11) is 0. The van der Waals surface area contributed by atoms with E-state index in [0.29, 0.717) is 5.69 Å². The molecule has 1 aliphatic rings. The molecule has 3 nitrogen and oxygen atoms in total. The normalized spacial score (nSPS) is 17.9. The molecule has 2 rings (SSSR count). The Hall–Kier alpha value is -1.72. The first-order chi connectivity index (χ1) is 8.16. The van der Waals surface area contributed by atoms with Crippen molar-refractivity contribution in [1.29, 1.82) is 0 Å². The molecule has 0 aromatic heterocycles. The topological polar surface area (TPSA) is 38.3 Å². The van der Waals surface area contributed by atoms with Gasteiger partial charge in [-0.15, -0.1) is 13.2 Å². The molecule has 0 spiro atoms. The van der Waals surface area contributed by atoms with Gasteiger partial charge in [-0.25, -0.2) is 0 Å². The number of ether oxygens (including phenoxy) is 1. The van der Waals surface area contributed by atoms with Gasteiger partial charge in [-0.1, -0.05) is 0 Å². The van der Waals surface area contributed by atoms with Crippen LogP contribution in [0.1, 0.15) is 30.6 Å². The molecule has 1 heterocycles. The number of rotatable bonds is 1. The molecule has 0 saturated carbocycles. The molecule has 1 aromatic rings. The third-order valence-electron chi connectivity index (χ3n) is 2.60. The van der Waals surface area contributed by atoms with E-state index in [1.807, 2.05) is 13.8 Å². The molecular formula is C12H12F3NO2. The van der Waals surface area contributed by atoms with E-state index in [4.69, 9.17) is 0 Å². The maximum Gasteiger partial charge on any atom is 0.573 e. The molecular weight excluding hydrogens is 247 g/mol. The van der Waals surface area contributed by atoms with Gasteiger partial charge in [-0.3, -0.25) is 4.79 Å². The molecule has 98 valence electrons. The van der Waals surface area contributed by atoms with Crippen molar-refractivity contribution in [1.82, 2.24) is 0 Å². The predicted molar refractivity (Wildman–Crippen MR) is 59.8 cm³/mol. The van der Waals surface area contributed by atoms with E-state index in [1.54, 1.807) is 0 Å². The first-order valence-corrected chi connectivity index (χ1v) is 5.37. The average Bonchev–Trinajstić information content (AvgIpc) is 2.15. The Morgan fingerprint density at radius 3 is 2.61 bits per heavy atom. The molecule has 0 bridgehead atoms. The van der Waals surface area contributed by atoms with Crippen LogP contribution < -0.4 is 10.1 Å². The average molecular weight is 259 g/mol. The maximum absolute atomic E-state index is 12.1. The van der Waals surface area contributed by atoms with Crippen molar-refractivity contribution in [2.75, 3.05) is 5.32 Å². The zero-order valence-corrected chi connectivity index (χ0v) is 9.89. The Bertz CT molecular complexity index is 495.